The molecule has 25 heavy (non-hydrogen) atoms. The molecule has 2 aromatic carbocycles. The van der Waals surface area contributed by atoms with Gasteiger partial charge in [-0.2, -0.15) is 0 Å². The molecule has 0 aliphatic rings. The molecule has 0 atom stereocenters. The van der Waals surface area contributed by atoms with E-state index in [0.717, 1.165) is 26.9 Å². The highest BCUT2D eigenvalue weighted by Crippen LogP contribution is 2.40. The average Bonchev–Trinajstić information content (AvgIpc) is 3.03. The number of aromatic nitrogens is 2. The third-order valence-corrected chi connectivity index (χ3v) is 4.36. The zero-order valence-corrected chi connectivity index (χ0v) is 16.1. The van der Waals surface area contributed by atoms with Crippen molar-refractivity contribution in [2.45, 2.75) is 6.92 Å². The van der Waals surface area contributed by atoms with E-state index in [-0.39, 0.29) is 0 Å². The predicted molar refractivity (Wildman–Crippen MR) is 100 cm³/mol. The molecule has 0 unspecified atom stereocenters. The summed E-state index contributed by atoms with van der Waals surface area (Å²) in [6, 6.07) is 7.55. The summed E-state index contributed by atoms with van der Waals surface area (Å²) < 4.78 is 22.6. The zero-order chi connectivity index (χ0) is 18.0. The van der Waals surface area contributed by atoms with Crippen LogP contribution in [0.25, 0.3) is 22.4 Å². The molecular formula is C18H19BrN2O4. The Balaban J connectivity index is 2.12. The molecular weight excluding hydrogens is 388 g/mol. The van der Waals surface area contributed by atoms with Crippen LogP contribution in [0.15, 0.2) is 28.7 Å². The highest BCUT2D eigenvalue weighted by atomic mass is 79.9. The summed E-state index contributed by atoms with van der Waals surface area (Å²) >= 11 is 3.53. The number of rotatable bonds is 6. The summed E-state index contributed by atoms with van der Waals surface area (Å²) in [5.74, 6) is 3.32. The molecule has 0 bridgehead atoms. The van der Waals surface area contributed by atoms with Gasteiger partial charge < -0.3 is 23.9 Å². The van der Waals surface area contributed by atoms with E-state index in [4.69, 9.17) is 18.9 Å². The van der Waals surface area contributed by atoms with Crippen molar-refractivity contribution in [3.63, 3.8) is 0 Å². The van der Waals surface area contributed by atoms with Gasteiger partial charge in [-0.05, 0) is 35.0 Å². The van der Waals surface area contributed by atoms with Gasteiger partial charge in [0.25, 0.3) is 0 Å². The number of ether oxygens (including phenoxy) is 4. The van der Waals surface area contributed by atoms with E-state index in [1.807, 2.05) is 31.2 Å². The minimum absolute atomic E-state index is 0.542. The van der Waals surface area contributed by atoms with E-state index in [2.05, 4.69) is 25.9 Å². The number of H-pyrrole nitrogens is 1. The molecule has 1 heterocycles. The summed E-state index contributed by atoms with van der Waals surface area (Å²) in [7, 11) is 4.82. The van der Waals surface area contributed by atoms with Crippen molar-refractivity contribution in [1.82, 2.24) is 9.97 Å². The maximum Gasteiger partial charge on any atom is 0.174 e. The van der Waals surface area contributed by atoms with Crippen LogP contribution in [-0.2, 0) is 0 Å². The Hall–Kier alpha value is -2.41. The second kappa shape index (κ2) is 7.23. The maximum atomic E-state index is 5.68. The Morgan fingerprint density at radius 1 is 0.960 bits per heavy atom. The van der Waals surface area contributed by atoms with Crippen molar-refractivity contribution in [3.05, 3.63) is 28.7 Å². The van der Waals surface area contributed by atoms with E-state index < -0.39 is 0 Å². The van der Waals surface area contributed by atoms with Crippen LogP contribution in [0.5, 0.6) is 23.0 Å². The van der Waals surface area contributed by atoms with Gasteiger partial charge in [0.2, 0.25) is 0 Å². The van der Waals surface area contributed by atoms with Crippen molar-refractivity contribution < 1.29 is 18.9 Å². The average molecular weight is 407 g/mol. The summed E-state index contributed by atoms with van der Waals surface area (Å²) in [6.45, 7) is 2.47. The third kappa shape index (κ3) is 3.24. The smallest absolute Gasteiger partial charge is 0.174 e. The van der Waals surface area contributed by atoms with E-state index in [1.165, 1.54) is 0 Å². The minimum Gasteiger partial charge on any atom is -0.493 e. The Morgan fingerprint density at radius 3 is 2.32 bits per heavy atom. The molecule has 0 aliphatic heterocycles. The number of aromatic amines is 1. The van der Waals surface area contributed by atoms with Crippen LogP contribution in [0.4, 0.5) is 0 Å². The lowest BCUT2D eigenvalue weighted by Gasteiger charge is -2.12. The molecule has 0 saturated heterocycles. The fraction of sp³-hybridized carbons (Fsp3) is 0.278. The molecule has 0 spiro atoms. The molecule has 3 aromatic rings. The van der Waals surface area contributed by atoms with Crippen molar-refractivity contribution >= 4 is 27.0 Å². The molecule has 132 valence electrons. The number of nitrogens with zero attached hydrogens (tertiary/aromatic N) is 1. The molecule has 7 heteroatoms. The normalized spacial score (nSPS) is 10.8. The standard InChI is InChI=1S/C18H19BrN2O4/c1-5-25-16-7-10(6-11(19)17(16)24-4)18-20-12-8-14(22-2)15(23-3)9-13(12)21-18/h6-9H,5H2,1-4H3,(H,20,21). The largest absolute Gasteiger partial charge is 0.493 e. The lowest BCUT2D eigenvalue weighted by molar-refractivity contribution is 0.310. The SMILES string of the molecule is CCOc1cc(-c2nc3cc(OC)c(OC)cc3[nH]2)cc(Br)c1OC. The molecule has 0 saturated carbocycles. The number of hydrogen-bond acceptors (Lipinski definition) is 5. The second-order valence-corrected chi connectivity index (χ2v) is 6.09. The predicted octanol–water partition coefficient (Wildman–Crippen LogP) is 4.42. The topological polar surface area (TPSA) is 65.6 Å². The summed E-state index contributed by atoms with van der Waals surface area (Å²) in [5.41, 5.74) is 2.53. The molecule has 0 amide bonds. The monoisotopic (exact) mass is 406 g/mol. The lowest BCUT2D eigenvalue weighted by atomic mass is 10.2. The van der Waals surface area contributed by atoms with Gasteiger partial charge in [-0.25, -0.2) is 4.98 Å². The van der Waals surface area contributed by atoms with Gasteiger partial charge in [0.1, 0.15) is 5.82 Å². The fourth-order valence-corrected chi connectivity index (χ4v) is 3.24. The first kappa shape index (κ1) is 17.4. The Morgan fingerprint density at radius 2 is 1.68 bits per heavy atom. The fourth-order valence-electron chi connectivity index (χ4n) is 2.64. The second-order valence-electron chi connectivity index (χ2n) is 5.23. The number of imidazole rings is 1. The van der Waals surface area contributed by atoms with Gasteiger partial charge >= 0.3 is 0 Å². The zero-order valence-electron chi connectivity index (χ0n) is 14.5. The quantitative estimate of drug-likeness (QED) is 0.656. The number of methoxy groups -OCH3 is 3. The van der Waals surface area contributed by atoms with Crippen molar-refractivity contribution in [3.8, 4) is 34.4 Å². The van der Waals surface area contributed by atoms with Gasteiger partial charge in [-0.3, -0.25) is 0 Å². The maximum absolute atomic E-state index is 5.68. The summed E-state index contributed by atoms with van der Waals surface area (Å²) in [5, 5.41) is 0. The van der Waals surface area contributed by atoms with Crippen LogP contribution >= 0.6 is 15.9 Å². The first-order valence-electron chi connectivity index (χ1n) is 7.73. The third-order valence-electron chi connectivity index (χ3n) is 3.77. The highest BCUT2D eigenvalue weighted by Gasteiger charge is 2.16. The van der Waals surface area contributed by atoms with Crippen LogP contribution in [0.3, 0.4) is 0 Å². The van der Waals surface area contributed by atoms with E-state index in [1.54, 1.807) is 21.3 Å². The van der Waals surface area contributed by atoms with Gasteiger partial charge in [0.05, 0.1) is 43.4 Å². The van der Waals surface area contributed by atoms with Crippen LogP contribution in [0.2, 0.25) is 0 Å². The number of benzene rings is 2. The van der Waals surface area contributed by atoms with Crippen LogP contribution < -0.4 is 18.9 Å². The van der Waals surface area contributed by atoms with Crippen LogP contribution in [-0.4, -0.2) is 37.9 Å². The molecule has 0 fully saturated rings. The Kier molecular flexibility index (Phi) is 5.03. The molecule has 3 rings (SSSR count). The van der Waals surface area contributed by atoms with Crippen molar-refractivity contribution in [2.75, 3.05) is 27.9 Å². The first-order chi connectivity index (χ1) is 12.1. The van der Waals surface area contributed by atoms with Gasteiger partial charge in [0.15, 0.2) is 23.0 Å². The van der Waals surface area contributed by atoms with Gasteiger partial charge in [-0.1, -0.05) is 0 Å². The summed E-state index contributed by atoms with van der Waals surface area (Å²) in [6.07, 6.45) is 0. The van der Waals surface area contributed by atoms with Crippen LogP contribution in [0.1, 0.15) is 6.92 Å². The van der Waals surface area contributed by atoms with Crippen LogP contribution in [0, 0.1) is 0 Å². The van der Waals surface area contributed by atoms with Gasteiger partial charge in [-0.15, -0.1) is 0 Å². The number of hydrogen-bond donors (Lipinski definition) is 1. The molecule has 0 radical (unpaired) electrons. The minimum atomic E-state index is 0.542. The van der Waals surface area contributed by atoms with Crippen molar-refractivity contribution in [1.29, 1.82) is 0 Å². The lowest BCUT2D eigenvalue weighted by Crippen LogP contribution is -1.97. The highest BCUT2D eigenvalue weighted by molar-refractivity contribution is 9.10. The number of halogens is 1. The summed E-state index contributed by atoms with van der Waals surface area (Å²) in [4.78, 5) is 7.96. The first-order valence-corrected chi connectivity index (χ1v) is 8.53. The molecule has 1 N–H and O–H groups in total. The van der Waals surface area contributed by atoms with Gasteiger partial charge in [0, 0.05) is 17.7 Å². The molecule has 6 nitrogen and oxygen atoms in total. The molecule has 1 aromatic heterocycles. The van der Waals surface area contributed by atoms with E-state index in [0.29, 0.717) is 29.6 Å². The number of nitrogens with one attached hydrogen (secondary N) is 1. The van der Waals surface area contributed by atoms with E-state index in [9.17, 15) is 0 Å². The molecule has 0 aliphatic carbocycles. The number of fused-ring (bicyclic) bond motifs is 1. The Bertz CT molecular complexity index is 867. The van der Waals surface area contributed by atoms with Crippen molar-refractivity contribution in [2.24, 2.45) is 0 Å². The Labute approximate surface area is 154 Å². The van der Waals surface area contributed by atoms with E-state index >= 15 is 0 Å².